The Hall–Kier alpha value is -0.650. The van der Waals surface area contributed by atoms with Gasteiger partial charge in [0.15, 0.2) is 0 Å². The van der Waals surface area contributed by atoms with Crippen LogP contribution in [0.1, 0.15) is 13.3 Å². The summed E-state index contributed by atoms with van der Waals surface area (Å²) in [6.45, 7) is 3.80. The normalized spacial score (nSPS) is 12.5. The Bertz CT molecular complexity index is 153. The molecule has 0 aliphatic heterocycles. The second-order valence-electron chi connectivity index (χ2n) is 2.90. The second-order valence-corrected chi connectivity index (χ2v) is 2.90. The second kappa shape index (κ2) is 8.93. The van der Waals surface area contributed by atoms with Gasteiger partial charge in [-0.15, -0.1) is 0 Å². The van der Waals surface area contributed by atoms with E-state index in [9.17, 15) is 4.79 Å². The molecule has 84 valence electrons. The van der Waals surface area contributed by atoms with Crippen molar-refractivity contribution in [3.63, 3.8) is 0 Å². The van der Waals surface area contributed by atoms with Crippen LogP contribution in [0.2, 0.25) is 0 Å². The molecule has 0 aliphatic rings. The van der Waals surface area contributed by atoms with E-state index in [1.165, 1.54) is 0 Å². The monoisotopic (exact) mass is 204 g/mol. The van der Waals surface area contributed by atoms with Crippen molar-refractivity contribution in [2.75, 3.05) is 33.5 Å². The fraction of sp³-hybridized carbons (Fsp3) is 0.889. The van der Waals surface area contributed by atoms with E-state index in [1.807, 2.05) is 6.92 Å². The van der Waals surface area contributed by atoms with Gasteiger partial charge in [-0.05, 0) is 6.92 Å². The quantitative estimate of drug-likeness (QED) is 0.523. The van der Waals surface area contributed by atoms with Crippen molar-refractivity contribution < 1.29 is 14.3 Å². The fourth-order valence-corrected chi connectivity index (χ4v) is 0.979. The Labute approximate surface area is 84.9 Å². The highest BCUT2D eigenvalue weighted by Gasteiger charge is 2.09. The summed E-state index contributed by atoms with van der Waals surface area (Å²) in [6, 6.07) is -0.103. The third-order valence-electron chi connectivity index (χ3n) is 1.70. The predicted octanol–water partition coefficient (Wildman–Crippen LogP) is -0.497. The summed E-state index contributed by atoms with van der Waals surface area (Å²) in [7, 11) is 1.58. The third-order valence-corrected chi connectivity index (χ3v) is 1.70. The molecule has 14 heavy (non-hydrogen) atoms. The molecule has 5 nitrogen and oxygen atoms in total. The summed E-state index contributed by atoms with van der Waals surface area (Å²) in [4.78, 5) is 11.3. The van der Waals surface area contributed by atoms with Gasteiger partial charge in [-0.1, -0.05) is 0 Å². The van der Waals surface area contributed by atoms with Crippen LogP contribution in [0.25, 0.3) is 0 Å². The fourth-order valence-electron chi connectivity index (χ4n) is 0.979. The highest BCUT2D eigenvalue weighted by Crippen LogP contribution is 1.87. The molecule has 0 aromatic carbocycles. The van der Waals surface area contributed by atoms with Gasteiger partial charge in [0.1, 0.15) is 0 Å². The Morgan fingerprint density at radius 1 is 1.57 bits per heavy atom. The Morgan fingerprint density at radius 3 is 2.79 bits per heavy atom. The van der Waals surface area contributed by atoms with Crippen LogP contribution in [0.15, 0.2) is 0 Å². The van der Waals surface area contributed by atoms with Gasteiger partial charge in [-0.3, -0.25) is 4.79 Å². The summed E-state index contributed by atoms with van der Waals surface area (Å²) in [5.41, 5.74) is 5.44. The molecule has 0 saturated carbocycles. The Balaban J connectivity index is 3.56. The summed E-state index contributed by atoms with van der Waals surface area (Å²) < 4.78 is 9.95. The largest absolute Gasteiger partial charge is 0.383 e. The van der Waals surface area contributed by atoms with Gasteiger partial charge in [-0.2, -0.15) is 0 Å². The zero-order valence-corrected chi connectivity index (χ0v) is 8.91. The number of amides is 1. The lowest BCUT2D eigenvalue weighted by atomic mass is 10.3. The molecule has 0 heterocycles. The highest BCUT2D eigenvalue weighted by atomic mass is 16.5. The van der Waals surface area contributed by atoms with Crippen LogP contribution in [-0.2, 0) is 14.3 Å². The van der Waals surface area contributed by atoms with Crippen LogP contribution in [0.4, 0.5) is 0 Å². The van der Waals surface area contributed by atoms with E-state index in [1.54, 1.807) is 7.11 Å². The van der Waals surface area contributed by atoms with Crippen LogP contribution in [-0.4, -0.2) is 45.4 Å². The minimum absolute atomic E-state index is 0.0500. The lowest BCUT2D eigenvalue weighted by Crippen LogP contribution is -2.43. The number of ether oxygens (including phenoxy) is 2. The van der Waals surface area contributed by atoms with Gasteiger partial charge < -0.3 is 20.5 Å². The van der Waals surface area contributed by atoms with Crippen LogP contribution < -0.4 is 11.1 Å². The summed E-state index contributed by atoms with van der Waals surface area (Å²) in [6.07, 6.45) is 0.369. The van der Waals surface area contributed by atoms with Crippen LogP contribution in [0, 0.1) is 0 Å². The van der Waals surface area contributed by atoms with Crippen molar-refractivity contribution in [3.8, 4) is 0 Å². The lowest BCUT2D eigenvalue weighted by Gasteiger charge is -2.15. The molecule has 1 atom stereocenters. The first-order valence-electron chi connectivity index (χ1n) is 4.80. The van der Waals surface area contributed by atoms with E-state index < -0.39 is 0 Å². The number of hydrogen-bond acceptors (Lipinski definition) is 4. The number of nitrogens with two attached hydrogens (primary N) is 1. The predicted molar refractivity (Wildman–Crippen MR) is 54.0 cm³/mol. The van der Waals surface area contributed by atoms with E-state index >= 15 is 0 Å². The van der Waals surface area contributed by atoms with Gasteiger partial charge in [-0.25, -0.2) is 0 Å². The standard InChI is InChI=1S/C9H20N2O3/c1-3-14-5-4-9(12)11-8(6-10)7-13-2/h8H,3-7,10H2,1-2H3,(H,11,12). The minimum Gasteiger partial charge on any atom is -0.383 e. The molecule has 0 radical (unpaired) electrons. The maximum atomic E-state index is 11.3. The number of methoxy groups -OCH3 is 1. The minimum atomic E-state index is -0.103. The Kier molecular flexibility index (Phi) is 8.51. The first-order valence-corrected chi connectivity index (χ1v) is 4.80. The smallest absolute Gasteiger partial charge is 0.222 e. The van der Waals surface area contributed by atoms with E-state index in [2.05, 4.69) is 5.32 Å². The van der Waals surface area contributed by atoms with E-state index in [0.29, 0.717) is 32.8 Å². The molecule has 0 saturated heterocycles. The molecule has 0 spiro atoms. The van der Waals surface area contributed by atoms with E-state index in [4.69, 9.17) is 15.2 Å². The van der Waals surface area contributed by atoms with Gasteiger partial charge in [0, 0.05) is 26.7 Å². The van der Waals surface area contributed by atoms with Gasteiger partial charge in [0.25, 0.3) is 0 Å². The zero-order valence-electron chi connectivity index (χ0n) is 8.91. The topological polar surface area (TPSA) is 73.6 Å². The lowest BCUT2D eigenvalue weighted by molar-refractivity contribution is -0.123. The number of carbonyl (C=O) groups is 1. The molecular weight excluding hydrogens is 184 g/mol. The molecule has 0 aliphatic carbocycles. The average Bonchev–Trinajstić information content (AvgIpc) is 2.17. The molecule has 5 heteroatoms. The number of carbonyl (C=O) groups excluding carboxylic acids is 1. The Morgan fingerprint density at radius 2 is 2.29 bits per heavy atom. The van der Waals surface area contributed by atoms with Crippen molar-refractivity contribution in [1.82, 2.24) is 5.32 Å². The molecule has 0 aromatic heterocycles. The zero-order chi connectivity index (χ0) is 10.8. The highest BCUT2D eigenvalue weighted by molar-refractivity contribution is 5.76. The molecule has 1 unspecified atom stereocenters. The summed E-state index contributed by atoms with van der Waals surface area (Å²) >= 11 is 0. The van der Waals surface area contributed by atoms with Crippen molar-refractivity contribution in [2.45, 2.75) is 19.4 Å². The first-order chi connectivity index (χ1) is 6.74. The molecule has 0 aromatic rings. The van der Waals surface area contributed by atoms with Crippen molar-refractivity contribution in [3.05, 3.63) is 0 Å². The third kappa shape index (κ3) is 6.82. The van der Waals surface area contributed by atoms with Crippen molar-refractivity contribution in [2.24, 2.45) is 5.73 Å². The van der Waals surface area contributed by atoms with Gasteiger partial charge in [0.05, 0.1) is 19.3 Å². The van der Waals surface area contributed by atoms with Crippen LogP contribution in [0.5, 0.6) is 0 Å². The number of rotatable bonds is 8. The van der Waals surface area contributed by atoms with Gasteiger partial charge in [0.2, 0.25) is 5.91 Å². The van der Waals surface area contributed by atoms with Crippen molar-refractivity contribution >= 4 is 5.91 Å². The molecular formula is C9H20N2O3. The SMILES string of the molecule is CCOCCC(=O)NC(CN)COC. The first kappa shape index (κ1) is 13.4. The summed E-state index contributed by atoms with van der Waals surface area (Å²) in [5.74, 6) is -0.0500. The van der Waals surface area contributed by atoms with Crippen LogP contribution >= 0.6 is 0 Å². The number of nitrogens with one attached hydrogen (secondary N) is 1. The molecule has 0 bridgehead atoms. The molecule has 1 amide bonds. The number of hydrogen-bond donors (Lipinski definition) is 2. The molecule has 3 N–H and O–H groups in total. The maximum absolute atomic E-state index is 11.3. The summed E-state index contributed by atoms with van der Waals surface area (Å²) in [5, 5.41) is 2.76. The molecule has 0 rings (SSSR count). The average molecular weight is 204 g/mol. The van der Waals surface area contributed by atoms with Crippen LogP contribution in [0.3, 0.4) is 0 Å². The van der Waals surface area contributed by atoms with E-state index in [-0.39, 0.29) is 11.9 Å². The van der Waals surface area contributed by atoms with E-state index in [0.717, 1.165) is 0 Å². The maximum Gasteiger partial charge on any atom is 0.222 e. The van der Waals surface area contributed by atoms with Crippen molar-refractivity contribution in [1.29, 1.82) is 0 Å². The van der Waals surface area contributed by atoms with Gasteiger partial charge >= 0.3 is 0 Å². The molecule has 0 fully saturated rings.